The number of halogens is 1. The normalized spacial score (nSPS) is 11.9. The van der Waals surface area contributed by atoms with Crippen molar-refractivity contribution in [3.8, 4) is 17.1 Å². The Labute approximate surface area is 204 Å². The van der Waals surface area contributed by atoms with Crippen molar-refractivity contribution in [3.05, 3.63) is 65.7 Å². The summed E-state index contributed by atoms with van der Waals surface area (Å²) in [6.07, 6.45) is -0.573. The lowest BCUT2D eigenvalue weighted by Crippen LogP contribution is -2.27. The smallest absolute Gasteiger partial charge is 0.333 e. The SMILES string of the molecule is CCOC(Cc1ccc(OCCN(C)c2nc(-c3ccc(F)cc3)nc(C(C)C)n2)cc1)C(=O)O. The van der Waals surface area contributed by atoms with Crippen molar-refractivity contribution in [2.45, 2.75) is 39.2 Å². The molecule has 2 aromatic carbocycles. The van der Waals surface area contributed by atoms with E-state index in [2.05, 4.69) is 15.0 Å². The highest BCUT2D eigenvalue weighted by Crippen LogP contribution is 2.21. The third kappa shape index (κ3) is 7.45. The number of hydrogen-bond donors (Lipinski definition) is 1. The lowest BCUT2D eigenvalue weighted by atomic mass is 10.1. The van der Waals surface area contributed by atoms with Crippen molar-refractivity contribution < 1.29 is 23.8 Å². The Morgan fingerprint density at radius 2 is 1.74 bits per heavy atom. The van der Waals surface area contributed by atoms with E-state index in [-0.39, 0.29) is 11.7 Å². The number of carboxylic acids is 1. The first kappa shape index (κ1) is 26.0. The highest BCUT2D eigenvalue weighted by atomic mass is 19.1. The number of aliphatic carboxylic acids is 1. The Morgan fingerprint density at radius 1 is 1.06 bits per heavy atom. The molecule has 35 heavy (non-hydrogen) atoms. The zero-order valence-corrected chi connectivity index (χ0v) is 20.4. The van der Waals surface area contributed by atoms with Gasteiger partial charge in [-0.05, 0) is 48.9 Å². The van der Waals surface area contributed by atoms with Crippen molar-refractivity contribution in [1.29, 1.82) is 0 Å². The van der Waals surface area contributed by atoms with Crippen LogP contribution in [0.4, 0.5) is 10.3 Å². The fraction of sp³-hybridized carbons (Fsp3) is 0.385. The maximum atomic E-state index is 13.3. The second kappa shape index (κ2) is 12.2. The van der Waals surface area contributed by atoms with Crippen LogP contribution >= 0.6 is 0 Å². The standard InChI is InChI=1S/C26H31FN4O4/c1-5-34-22(25(32)33)16-18-6-12-21(13-7-18)35-15-14-31(4)26-29-23(17(2)3)28-24(30-26)19-8-10-20(27)11-9-19/h6-13,17,22H,5,14-16H2,1-4H3,(H,32,33). The first-order chi connectivity index (χ1) is 16.8. The van der Waals surface area contributed by atoms with E-state index in [9.17, 15) is 14.3 Å². The molecule has 0 saturated carbocycles. The monoisotopic (exact) mass is 482 g/mol. The first-order valence-electron chi connectivity index (χ1n) is 11.6. The van der Waals surface area contributed by atoms with E-state index in [1.165, 1.54) is 12.1 Å². The van der Waals surface area contributed by atoms with Crippen LogP contribution in [0.2, 0.25) is 0 Å². The topological polar surface area (TPSA) is 97.7 Å². The summed E-state index contributed by atoms with van der Waals surface area (Å²) >= 11 is 0. The molecular weight excluding hydrogens is 451 g/mol. The molecule has 0 radical (unpaired) electrons. The van der Waals surface area contributed by atoms with Gasteiger partial charge >= 0.3 is 5.97 Å². The largest absolute Gasteiger partial charge is 0.492 e. The predicted octanol–water partition coefficient (Wildman–Crippen LogP) is 4.35. The number of rotatable bonds is 12. The highest BCUT2D eigenvalue weighted by molar-refractivity contribution is 5.72. The fourth-order valence-corrected chi connectivity index (χ4v) is 3.29. The summed E-state index contributed by atoms with van der Waals surface area (Å²) in [6, 6.07) is 13.4. The van der Waals surface area contributed by atoms with E-state index in [0.717, 1.165) is 11.1 Å². The van der Waals surface area contributed by atoms with Gasteiger partial charge in [0, 0.05) is 31.6 Å². The molecule has 1 atom stereocenters. The predicted molar refractivity (Wildman–Crippen MR) is 131 cm³/mol. The van der Waals surface area contributed by atoms with Gasteiger partial charge in [-0.25, -0.2) is 14.2 Å². The van der Waals surface area contributed by atoms with Crippen molar-refractivity contribution >= 4 is 11.9 Å². The second-order valence-corrected chi connectivity index (χ2v) is 8.38. The summed E-state index contributed by atoms with van der Waals surface area (Å²) in [5.41, 5.74) is 1.58. The number of nitrogens with zero attached hydrogens (tertiary/aromatic N) is 4. The van der Waals surface area contributed by atoms with Crippen LogP contribution in [0.3, 0.4) is 0 Å². The highest BCUT2D eigenvalue weighted by Gasteiger charge is 2.18. The van der Waals surface area contributed by atoms with Gasteiger partial charge in [0.05, 0.1) is 6.54 Å². The Balaban J connectivity index is 1.62. The van der Waals surface area contributed by atoms with Gasteiger partial charge in [0.15, 0.2) is 11.9 Å². The molecule has 3 rings (SSSR count). The summed E-state index contributed by atoms with van der Waals surface area (Å²) in [4.78, 5) is 26.9. The molecule has 1 aromatic heterocycles. The molecule has 3 aromatic rings. The molecule has 0 bridgehead atoms. The van der Waals surface area contributed by atoms with Gasteiger partial charge in [-0.3, -0.25) is 0 Å². The van der Waals surface area contributed by atoms with Crippen LogP contribution < -0.4 is 9.64 Å². The molecule has 0 aliphatic heterocycles. The number of hydrogen-bond acceptors (Lipinski definition) is 7. The molecule has 1 N–H and O–H groups in total. The Bertz CT molecular complexity index is 1110. The molecule has 1 unspecified atom stereocenters. The molecule has 0 fully saturated rings. The minimum atomic E-state index is -0.975. The fourth-order valence-electron chi connectivity index (χ4n) is 3.29. The van der Waals surface area contributed by atoms with Gasteiger partial charge in [0.2, 0.25) is 5.95 Å². The third-order valence-electron chi connectivity index (χ3n) is 5.28. The average molecular weight is 483 g/mol. The summed E-state index contributed by atoms with van der Waals surface area (Å²) < 4.78 is 24.5. The van der Waals surface area contributed by atoms with Crippen LogP contribution in [0.25, 0.3) is 11.4 Å². The van der Waals surface area contributed by atoms with Gasteiger partial charge in [0.1, 0.15) is 24.0 Å². The Hall–Kier alpha value is -3.59. The van der Waals surface area contributed by atoms with Crippen molar-refractivity contribution in [2.24, 2.45) is 0 Å². The van der Waals surface area contributed by atoms with Crippen LogP contribution in [0.15, 0.2) is 48.5 Å². The van der Waals surface area contributed by atoms with E-state index in [4.69, 9.17) is 9.47 Å². The zero-order valence-electron chi connectivity index (χ0n) is 20.4. The van der Waals surface area contributed by atoms with Gasteiger partial charge in [-0.2, -0.15) is 9.97 Å². The minimum Gasteiger partial charge on any atom is -0.492 e. The number of anilines is 1. The summed E-state index contributed by atoms with van der Waals surface area (Å²) in [5, 5.41) is 9.24. The quantitative estimate of drug-likeness (QED) is 0.407. The molecule has 0 spiro atoms. The number of likely N-dealkylation sites (N-methyl/N-ethyl adjacent to an activating group) is 1. The summed E-state index contributed by atoms with van der Waals surface area (Å²) in [6.45, 7) is 7.05. The number of carboxylic acid groups (broad SMARTS) is 1. The van der Waals surface area contributed by atoms with Crippen molar-refractivity contribution in [2.75, 3.05) is 31.7 Å². The van der Waals surface area contributed by atoms with Crippen LogP contribution in [0.1, 0.15) is 38.1 Å². The summed E-state index contributed by atoms with van der Waals surface area (Å²) in [7, 11) is 1.88. The maximum absolute atomic E-state index is 13.3. The third-order valence-corrected chi connectivity index (χ3v) is 5.28. The van der Waals surface area contributed by atoms with Crippen molar-refractivity contribution in [3.63, 3.8) is 0 Å². The van der Waals surface area contributed by atoms with Crippen molar-refractivity contribution in [1.82, 2.24) is 15.0 Å². The van der Waals surface area contributed by atoms with Crippen LogP contribution in [0, 0.1) is 5.82 Å². The Morgan fingerprint density at radius 3 is 2.34 bits per heavy atom. The molecule has 186 valence electrons. The lowest BCUT2D eigenvalue weighted by molar-refractivity contribution is -0.149. The second-order valence-electron chi connectivity index (χ2n) is 8.38. The molecule has 0 saturated heterocycles. The molecule has 0 aliphatic rings. The minimum absolute atomic E-state index is 0.0996. The molecule has 1 heterocycles. The van der Waals surface area contributed by atoms with E-state index in [1.54, 1.807) is 19.1 Å². The van der Waals surface area contributed by atoms with E-state index < -0.39 is 12.1 Å². The van der Waals surface area contributed by atoms with E-state index in [0.29, 0.717) is 49.5 Å². The maximum Gasteiger partial charge on any atom is 0.333 e. The zero-order chi connectivity index (χ0) is 25.4. The van der Waals surface area contributed by atoms with Crippen LogP contribution in [-0.2, 0) is 16.0 Å². The van der Waals surface area contributed by atoms with E-state index in [1.807, 2.05) is 50.1 Å². The number of ether oxygens (including phenoxy) is 2. The van der Waals surface area contributed by atoms with Gasteiger partial charge in [0.25, 0.3) is 0 Å². The molecule has 0 amide bonds. The van der Waals surface area contributed by atoms with Crippen LogP contribution in [-0.4, -0.2) is 58.9 Å². The molecular formula is C26H31FN4O4. The number of aromatic nitrogens is 3. The number of benzene rings is 2. The average Bonchev–Trinajstić information content (AvgIpc) is 2.84. The Kier molecular flexibility index (Phi) is 9.08. The summed E-state index contributed by atoms with van der Waals surface area (Å²) in [5.74, 6) is 1.15. The van der Waals surface area contributed by atoms with Gasteiger partial charge < -0.3 is 19.5 Å². The molecule has 9 heteroatoms. The van der Waals surface area contributed by atoms with Crippen LogP contribution in [0.5, 0.6) is 5.75 Å². The first-order valence-corrected chi connectivity index (χ1v) is 11.6. The van der Waals surface area contributed by atoms with Gasteiger partial charge in [-0.15, -0.1) is 0 Å². The molecule has 0 aliphatic carbocycles. The van der Waals surface area contributed by atoms with Gasteiger partial charge in [-0.1, -0.05) is 26.0 Å². The lowest BCUT2D eigenvalue weighted by Gasteiger charge is -2.19. The molecule has 8 nitrogen and oxygen atoms in total. The van der Waals surface area contributed by atoms with E-state index >= 15 is 0 Å². The number of carbonyl (C=O) groups is 1.